The average Bonchev–Trinajstić information content (AvgIpc) is 3.85. The van der Waals surface area contributed by atoms with Crippen molar-refractivity contribution in [3.8, 4) is 22.3 Å². The molecule has 0 atom stereocenters. The number of hydrogen-bond acceptors (Lipinski definition) is 3. The smallest absolute Gasteiger partial charge is 0.143 e. The summed E-state index contributed by atoms with van der Waals surface area (Å²) in [5.41, 5.74) is 9.93. The van der Waals surface area contributed by atoms with Crippen LogP contribution in [0.25, 0.3) is 96.7 Å². The number of furan rings is 1. The normalized spacial score (nSPS) is 11.9. The van der Waals surface area contributed by atoms with E-state index in [1.54, 1.807) is 0 Å². The van der Waals surface area contributed by atoms with Gasteiger partial charge < -0.3 is 9.32 Å². The van der Waals surface area contributed by atoms with Crippen molar-refractivity contribution < 1.29 is 4.42 Å². The summed E-state index contributed by atoms with van der Waals surface area (Å²) >= 11 is 1.89. The van der Waals surface area contributed by atoms with E-state index in [1.807, 2.05) is 23.5 Å². The molecule has 0 spiro atoms. The zero-order valence-corrected chi connectivity index (χ0v) is 31.6. The summed E-state index contributed by atoms with van der Waals surface area (Å²) in [5, 5.41) is 12.2. The van der Waals surface area contributed by atoms with Gasteiger partial charge >= 0.3 is 0 Å². The molecule has 12 rings (SSSR count). The highest BCUT2D eigenvalue weighted by molar-refractivity contribution is 7.26. The van der Waals surface area contributed by atoms with Gasteiger partial charge in [-0.1, -0.05) is 158 Å². The maximum absolute atomic E-state index is 6.42. The highest BCUT2D eigenvalue weighted by Crippen LogP contribution is 2.49. The highest BCUT2D eigenvalue weighted by Gasteiger charge is 2.21. The Morgan fingerprint density at radius 2 is 0.947 bits per heavy atom. The summed E-state index contributed by atoms with van der Waals surface area (Å²) in [7, 11) is 0. The van der Waals surface area contributed by atoms with Crippen LogP contribution in [0.2, 0.25) is 0 Å². The molecule has 2 heterocycles. The van der Waals surface area contributed by atoms with Gasteiger partial charge in [-0.3, -0.25) is 0 Å². The molecule has 0 N–H and O–H groups in total. The number of benzene rings is 10. The van der Waals surface area contributed by atoms with Gasteiger partial charge in [0.15, 0.2) is 0 Å². The first-order chi connectivity index (χ1) is 28.2. The van der Waals surface area contributed by atoms with Crippen LogP contribution in [-0.4, -0.2) is 0 Å². The molecule has 0 radical (unpaired) electrons. The first-order valence-electron chi connectivity index (χ1n) is 19.4. The minimum absolute atomic E-state index is 0.916. The standard InChI is InChI=1S/C54H33NOS/c1-3-13-38-31-40(29-27-34(38)11-1)55(41-30-28-35-12-2-4-14-39(35)32-41)49-33-48-52-42(18-10-22-51(52)57-54(48)47-17-6-5-15-44(47)49)36-23-25-37(26-24-36)43-19-9-20-46-45-16-7-8-21-50(45)56-53(43)46/h1-33H. The van der Waals surface area contributed by atoms with Gasteiger partial charge in [0.25, 0.3) is 0 Å². The summed E-state index contributed by atoms with van der Waals surface area (Å²) in [6.45, 7) is 0. The lowest BCUT2D eigenvalue weighted by atomic mass is 9.95. The molecule has 0 saturated heterocycles. The Balaban J connectivity index is 1.07. The second kappa shape index (κ2) is 12.7. The number of nitrogens with zero attached hydrogens (tertiary/aromatic N) is 1. The van der Waals surface area contributed by atoms with Crippen molar-refractivity contribution in [1.29, 1.82) is 0 Å². The number of anilines is 3. The molecule has 0 aliphatic rings. The molecular formula is C54H33NOS. The number of rotatable bonds is 5. The van der Waals surface area contributed by atoms with E-state index >= 15 is 0 Å². The van der Waals surface area contributed by atoms with E-state index < -0.39 is 0 Å². The Morgan fingerprint density at radius 3 is 1.67 bits per heavy atom. The molecule has 57 heavy (non-hydrogen) atoms. The molecule has 3 heteroatoms. The lowest BCUT2D eigenvalue weighted by Crippen LogP contribution is -2.10. The topological polar surface area (TPSA) is 16.4 Å². The van der Waals surface area contributed by atoms with Gasteiger partial charge in [0.05, 0.1) is 5.69 Å². The third kappa shape index (κ3) is 5.10. The minimum atomic E-state index is 0.916. The Morgan fingerprint density at radius 1 is 0.386 bits per heavy atom. The van der Waals surface area contributed by atoms with E-state index in [9.17, 15) is 0 Å². The van der Waals surface area contributed by atoms with Gasteiger partial charge in [0.2, 0.25) is 0 Å². The van der Waals surface area contributed by atoms with E-state index in [1.165, 1.54) is 63.6 Å². The Labute approximate surface area is 333 Å². The molecule has 0 bridgehead atoms. The van der Waals surface area contributed by atoms with E-state index in [-0.39, 0.29) is 0 Å². The molecule has 266 valence electrons. The first-order valence-corrected chi connectivity index (χ1v) is 20.2. The SMILES string of the molecule is c1ccc2cc(N(c3ccc4ccccc4c3)c3cc4c(sc5cccc(-c6ccc(-c7cccc8c7oc7ccccc78)cc6)c54)c4ccccc34)ccc2c1. The van der Waals surface area contributed by atoms with Gasteiger partial charge in [-0.25, -0.2) is 0 Å². The van der Waals surface area contributed by atoms with Crippen LogP contribution in [0.4, 0.5) is 17.1 Å². The molecular weight excluding hydrogens is 711 g/mol. The quantitative estimate of drug-likeness (QED) is 0.175. The summed E-state index contributed by atoms with van der Waals surface area (Å²) in [6, 6.07) is 72.8. The first kappa shape index (κ1) is 32.1. The molecule has 0 aliphatic heterocycles. The van der Waals surface area contributed by atoms with Crippen molar-refractivity contribution in [1.82, 2.24) is 0 Å². The van der Waals surface area contributed by atoms with Gasteiger partial charge in [-0.05, 0) is 80.7 Å². The van der Waals surface area contributed by atoms with Crippen LogP contribution >= 0.6 is 11.3 Å². The second-order valence-corrected chi connectivity index (χ2v) is 15.9. The predicted molar refractivity (Wildman–Crippen MR) is 245 cm³/mol. The van der Waals surface area contributed by atoms with Crippen LogP contribution < -0.4 is 4.90 Å². The lowest BCUT2D eigenvalue weighted by molar-refractivity contribution is 0.670. The fourth-order valence-corrected chi connectivity index (χ4v) is 10.2. The molecule has 2 aromatic heterocycles. The average molecular weight is 744 g/mol. The molecule has 12 aromatic rings. The zero-order valence-electron chi connectivity index (χ0n) is 30.8. The van der Waals surface area contributed by atoms with Gasteiger partial charge in [0.1, 0.15) is 11.2 Å². The fraction of sp³-hybridized carbons (Fsp3) is 0. The molecule has 0 saturated carbocycles. The van der Waals surface area contributed by atoms with Gasteiger partial charge in [0, 0.05) is 58.7 Å². The minimum Gasteiger partial charge on any atom is -0.455 e. The summed E-state index contributed by atoms with van der Waals surface area (Å²) in [6.07, 6.45) is 0. The highest BCUT2D eigenvalue weighted by atomic mass is 32.1. The molecule has 0 unspecified atom stereocenters. The van der Waals surface area contributed by atoms with E-state index in [4.69, 9.17) is 4.42 Å². The van der Waals surface area contributed by atoms with Crippen LogP contribution in [0.5, 0.6) is 0 Å². The molecule has 0 fully saturated rings. The Bertz CT molecular complexity index is 3460. The zero-order chi connectivity index (χ0) is 37.5. The predicted octanol–water partition coefficient (Wildman–Crippen LogP) is 16.2. The van der Waals surface area contributed by atoms with Crippen LogP contribution in [0.1, 0.15) is 0 Å². The van der Waals surface area contributed by atoms with Crippen molar-refractivity contribution in [2.45, 2.75) is 0 Å². The van der Waals surface area contributed by atoms with E-state index in [2.05, 4.69) is 193 Å². The molecule has 0 amide bonds. The Hall–Kier alpha value is -7.20. The third-order valence-corrected chi connectivity index (χ3v) is 12.8. The number of para-hydroxylation sites is 2. The number of hydrogen-bond donors (Lipinski definition) is 0. The van der Waals surface area contributed by atoms with Crippen molar-refractivity contribution in [3.63, 3.8) is 0 Å². The van der Waals surface area contributed by atoms with Crippen molar-refractivity contribution in [2.24, 2.45) is 0 Å². The number of thiophene rings is 1. The second-order valence-electron chi connectivity index (χ2n) is 14.9. The maximum atomic E-state index is 6.42. The van der Waals surface area contributed by atoms with Crippen molar-refractivity contribution >= 4 is 103 Å². The van der Waals surface area contributed by atoms with Crippen LogP contribution in [0, 0.1) is 0 Å². The van der Waals surface area contributed by atoms with Crippen LogP contribution in [0.3, 0.4) is 0 Å². The summed E-state index contributed by atoms with van der Waals surface area (Å²) < 4.78 is 9.01. The van der Waals surface area contributed by atoms with Crippen LogP contribution in [0.15, 0.2) is 205 Å². The molecule has 2 nitrogen and oxygen atoms in total. The molecule has 0 aliphatic carbocycles. The van der Waals surface area contributed by atoms with Crippen molar-refractivity contribution in [3.05, 3.63) is 200 Å². The van der Waals surface area contributed by atoms with Crippen molar-refractivity contribution in [2.75, 3.05) is 4.90 Å². The third-order valence-electron chi connectivity index (χ3n) is 11.6. The molecule has 10 aromatic carbocycles. The Kier molecular flexibility index (Phi) is 7.13. The monoisotopic (exact) mass is 743 g/mol. The van der Waals surface area contributed by atoms with E-state index in [0.29, 0.717) is 0 Å². The lowest BCUT2D eigenvalue weighted by Gasteiger charge is -2.28. The van der Waals surface area contributed by atoms with E-state index in [0.717, 1.165) is 50.1 Å². The summed E-state index contributed by atoms with van der Waals surface area (Å²) in [4.78, 5) is 2.46. The summed E-state index contributed by atoms with van der Waals surface area (Å²) in [5.74, 6) is 0. The van der Waals surface area contributed by atoms with Gasteiger partial charge in [-0.2, -0.15) is 0 Å². The van der Waals surface area contributed by atoms with Crippen LogP contribution in [-0.2, 0) is 0 Å². The number of fused-ring (bicyclic) bond motifs is 10. The van der Waals surface area contributed by atoms with Gasteiger partial charge in [-0.15, -0.1) is 11.3 Å². The fourth-order valence-electron chi connectivity index (χ4n) is 8.92. The maximum Gasteiger partial charge on any atom is 0.143 e. The largest absolute Gasteiger partial charge is 0.455 e.